The molecular formula is C22H29N5O2. The first-order valence-electron chi connectivity index (χ1n) is 10.3. The molecule has 3 atom stereocenters. The first-order chi connectivity index (χ1) is 13.8. The number of nitrogens with zero attached hydrogens (tertiary/aromatic N) is 4. The molecule has 0 saturated carbocycles. The van der Waals surface area contributed by atoms with Gasteiger partial charge in [0.25, 0.3) is 5.91 Å². The molecule has 1 amide bonds. The monoisotopic (exact) mass is 395 g/mol. The number of ether oxygens (including phenoxy) is 1. The number of amides is 1. The molecule has 3 heterocycles. The molecule has 1 N–H and O–H groups in total. The second-order valence-corrected chi connectivity index (χ2v) is 9.04. The van der Waals surface area contributed by atoms with Crippen molar-refractivity contribution >= 4 is 11.9 Å². The Morgan fingerprint density at radius 1 is 1.21 bits per heavy atom. The van der Waals surface area contributed by atoms with Gasteiger partial charge in [0.15, 0.2) is 0 Å². The van der Waals surface area contributed by atoms with E-state index in [9.17, 15) is 4.79 Å². The summed E-state index contributed by atoms with van der Waals surface area (Å²) < 4.78 is 5.84. The normalized spacial score (nSPS) is 25.9. The Morgan fingerprint density at radius 2 is 1.90 bits per heavy atom. The second kappa shape index (κ2) is 7.71. The molecule has 1 aliphatic carbocycles. The standard InChI is InChI=1S/C22H29N5O2/c1-14-12-27(13-15(2)29-14)21-24-11-17-18(9-22(3,4)10-19(17)26-21)25-20(28)16-5-7-23-8-6-16/h5-8,11,14-15,18H,9-10,12-13H2,1-4H3,(H,25,28)/t14-,15-,18+/m1/s1. The van der Waals surface area contributed by atoms with Gasteiger partial charge in [0.05, 0.1) is 23.9 Å². The highest BCUT2D eigenvalue weighted by Crippen LogP contribution is 2.40. The number of morpholine rings is 1. The van der Waals surface area contributed by atoms with Gasteiger partial charge in [0.2, 0.25) is 5.95 Å². The minimum Gasteiger partial charge on any atom is -0.372 e. The molecule has 0 unspecified atom stereocenters. The highest BCUT2D eigenvalue weighted by atomic mass is 16.5. The van der Waals surface area contributed by atoms with Gasteiger partial charge in [-0.25, -0.2) is 9.97 Å². The number of carbonyl (C=O) groups excluding carboxylic acids is 1. The molecule has 4 rings (SSSR count). The highest BCUT2D eigenvalue weighted by Gasteiger charge is 2.35. The van der Waals surface area contributed by atoms with Crippen LogP contribution in [0.25, 0.3) is 0 Å². The summed E-state index contributed by atoms with van der Waals surface area (Å²) in [4.78, 5) is 28.5. The summed E-state index contributed by atoms with van der Waals surface area (Å²) in [6, 6.07) is 3.35. The molecule has 1 fully saturated rings. The van der Waals surface area contributed by atoms with Crippen molar-refractivity contribution in [2.24, 2.45) is 5.41 Å². The maximum Gasteiger partial charge on any atom is 0.251 e. The summed E-state index contributed by atoms with van der Waals surface area (Å²) in [7, 11) is 0. The Balaban J connectivity index is 1.60. The van der Waals surface area contributed by atoms with Crippen LogP contribution in [0.2, 0.25) is 0 Å². The van der Waals surface area contributed by atoms with E-state index in [0.717, 1.165) is 43.1 Å². The van der Waals surface area contributed by atoms with Crippen LogP contribution in [-0.4, -0.2) is 46.2 Å². The van der Waals surface area contributed by atoms with Gasteiger partial charge in [0, 0.05) is 42.8 Å². The van der Waals surface area contributed by atoms with Gasteiger partial charge in [-0.15, -0.1) is 0 Å². The molecule has 7 nitrogen and oxygen atoms in total. The van der Waals surface area contributed by atoms with Crippen LogP contribution in [0.15, 0.2) is 30.7 Å². The van der Waals surface area contributed by atoms with Crippen LogP contribution in [-0.2, 0) is 11.2 Å². The van der Waals surface area contributed by atoms with Crippen molar-refractivity contribution in [3.8, 4) is 0 Å². The van der Waals surface area contributed by atoms with E-state index in [2.05, 4.69) is 47.9 Å². The zero-order valence-corrected chi connectivity index (χ0v) is 17.6. The summed E-state index contributed by atoms with van der Waals surface area (Å²) in [5.74, 6) is 0.656. The van der Waals surface area contributed by atoms with Gasteiger partial charge in [-0.2, -0.15) is 0 Å². The third kappa shape index (κ3) is 4.40. The highest BCUT2D eigenvalue weighted by molar-refractivity contribution is 5.94. The summed E-state index contributed by atoms with van der Waals surface area (Å²) in [5.41, 5.74) is 2.70. The Hall–Kier alpha value is -2.54. The quantitative estimate of drug-likeness (QED) is 0.861. The van der Waals surface area contributed by atoms with Crippen molar-refractivity contribution in [3.05, 3.63) is 47.5 Å². The van der Waals surface area contributed by atoms with E-state index in [4.69, 9.17) is 9.72 Å². The number of hydrogen-bond donors (Lipinski definition) is 1. The lowest BCUT2D eigenvalue weighted by atomic mass is 9.74. The third-order valence-corrected chi connectivity index (χ3v) is 5.62. The zero-order chi connectivity index (χ0) is 20.6. The predicted octanol–water partition coefficient (Wildman–Crippen LogP) is 2.93. The average molecular weight is 396 g/mol. The molecule has 0 radical (unpaired) electrons. The molecule has 2 aromatic rings. The van der Waals surface area contributed by atoms with E-state index in [1.807, 2.05) is 6.20 Å². The topological polar surface area (TPSA) is 80.2 Å². The zero-order valence-electron chi connectivity index (χ0n) is 17.6. The SMILES string of the molecule is C[C@@H]1CN(c2ncc3c(n2)CC(C)(C)C[C@@H]3NC(=O)c2ccncc2)C[C@@H](C)O1. The van der Waals surface area contributed by atoms with E-state index >= 15 is 0 Å². The molecule has 1 saturated heterocycles. The van der Waals surface area contributed by atoms with E-state index in [1.54, 1.807) is 24.5 Å². The number of rotatable bonds is 3. The van der Waals surface area contributed by atoms with Gasteiger partial charge in [-0.1, -0.05) is 13.8 Å². The minimum atomic E-state index is -0.106. The molecule has 2 aliphatic rings. The number of fused-ring (bicyclic) bond motifs is 1. The molecule has 154 valence electrons. The van der Waals surface area contributed by atoms with Gasteiger partial charge in [-0.05, 0) is 44.2 Å². The molecule has 0 bridgehead atoms. The van der Waals surface area contributed by atoms with Crippen LogP contribution >= 0.6 is 0 Å². The van der Waals surface area contributed by atoms with Crippen molar-refractivity contribution in [1.82, 2.24) is 20.3 Å². The second-order valence-electron chi connectivity index (χ2n) is 9.04. The number of anilines is 1. The smallest absolute Gasteiger partial charge is 0.251 e. The number of nitrogens with one attached hydrogen (secondary N) is 1. The molecule has 0 aromatic carbocycles. The molecule has 29 heavy (non-hydrogen) atoms. The van der Waals surface area contributed by atoms with Crippen molar-refractivity contribution < 1.29 is 9.53 Å². The number of aromatic nitrogens is 3. The Morgan fingerprint density at radius 3 is 2.59 bits per heavy atom. The van der Waals surface area contributed by atoms with E-state index in [-0.39, 0.29) is 29.6 Å². The van der Waals surface area contributed by atoms with E-state index in [0.29, 0.717) is 5.56 Å². The van der Waals surface area contributed by atoms with Crippen LogP contribution in [0.1, 0.15) is 61.8 Å². The maximum atomic E-state index is 12.7. The van der Waals surface area contributed by atoms with Crippen LogP contribution < -0.4 is 10.2 Å². The van der Waals surface area contributed by atoms with Gasteiger partial charge < -0.3 is 15.0 Å². The van der Waals surface area contributed by atoms with E-state index < -0.39 is 0 Å². The lowest BCUT2D eigenvalue weighted by molar-refractivity contribution is -0.00575. The van der Waals surface area contributed by atoms with Crippen LogP contribution in [0, 0.1) is 5.41 Å². The summed E-state index contributed by atoms with van der Waals surface area (Å²) in [5, 5.41) is 3.18. The Bertz CT molecular complexity index is 876. The predicted molar refractivity (Wildman–Crippen MR) is 111 cm³/mol. The number of hydrogen-bond acceptors (Lipinski definition) is 6. The fraction of sp³-hybridized carbons (Fsp3) is 0.545. The fourth-order valence-electron chi connectivity index (χ4n) is 4.40. The summed E-state index contributed by atoms with van der Waals surface area (Å²) >= 11 is 0. The molecule has 1 aliphatic heterocycles. The molecule has 0 spiro atoms. The first kappa shape index (κ1) is 19.8. The Kier molecular flexibility index (Phi) is 5.25. The lowest BCUT2D eigenvalue weighted by Gasteiger charge is -2.38. The van der Waals surface area contributed by atoms with E-state index in [1.165, 1.54) is 0 Å². The molecular weight excluding hydrogens is 366 g/mol. The maximum absolute atomic E-state index is 12.7. The van der Waals surface area contributed by atoms with Crippen molar-refractivity contribution in [2.75, 3.05) is 18.0 Å². The van der Waals surface area contributed by atoms with Gasteiger partial charge in [-0.3, -0.25) is 9.78 Å². The van der Waals surface area contributed by atoms with Crippen LogP contribution in [0.3, 0.4) is 0 Å². The van der Waals surface area contributed by atoms with Crippen LogP contribution in [0.4, 0.5) is 5.95 Å². The third-order valence-electron chi connectivity index (χ3n) is 5.62. The molecule has 7 heteroatoms. The van der Waals surface area contributed by atoms with Crippen molar-refractivity contribution in [3.63, 3.8) is 0 Å². The fourth-order valence-corrected chi connectivity index (χ4v) is 4.40. The lowest BCUT2D eigenvalue weighted by Crippen LogP contribution is -2.46. The summed E-state index contributed by atoms with van der Waals surface area (Å²) in [6.07, 6.45) is 7.19. The first-order valence-corrected chi connectivity index (χ1v) is 10.3. The number of carbonyl (C=O) groups is 1. The van der Waals surface area contributed by atoms with Crippen molar-refractivity contribution in [2.45, 2.75) is 58.8 Å². The summed E-state index contributed by atoms with van der Waals surface area (Å²) in [6.45, 7) is 10.2. The van der Waals surface area contributed by atoms with Crippen molar-refractivity contribution in [1.29, 1.82) is 0 Å². The number of pyridine rings is 1. The average Bonchev–Trinajstić information content (AvgIpc) is 2.66. The van der Waals surface area contributed by atoms with Gasteiger partial charge >= 0.3 is 0 Å². The van der Waals surface area contributed by atoms with Crippen LogP contribution in [0.5, 0.6) is 0 Å². The molecule has 2 aromatic heterocycles. The Labute approximate surface area is 171 Å². The van der Waals surface area contributed by atoms with Gasteiger partial charge in [0.1, 0.15) is 0 Å². The largest absolute Gasteiger partial charge is 0.372 e. The minimum absolute atomic E-state index is 0.0421.